The van der Waals surface area contributed by atoms with Crippen LogP contribution < -0.4 is 0 Å². The third-order valence-electron chi connectivity index (χ3n) is 9.99. The normalized spacial score (nSPS) is 33.2. The number of carbonyl (C=O) groups is 2. The van der Waals surface area contributed by atoms with E-state index in [-0.39, 0.29) is 48.3 Å². The molecule has 220 valence electrons. The van der Waals surface area contributed by atoms with Crippen molar-refractivity contribution in [3.05, 3.63) is 0 Å². The maximum Gasteiger partial charge on any atom is 0.308 e. The van der Waals surface area contributed by atoms with Crippen molar-refractivity contribution in [1.29, 1.82) is 0 Å². The third kappa shape index (κ3) is 7.90. The standard InChI is InChI=1S/C30H54O7Si/c1-8-38(9-2,10-3)37-29(21(6)27-14-11-19(4)34-27)18-24-13-15-26(36-24)20(5)25(31)17-23-12-16-28(35-23)22(7)30(32)33/h19-24,26-29H,8-18H2,1-7H3,(H,32,33)/t19-,20+,21+,22+,23+,24+,26-,27+,28+,29-/m1/s1. The molecule has 0 unspecified atom stereocenters. The average molecular weight is 555 g/mol. The fourth-order valence-corrected chi connectivity index (χ4v) is 9.67. The van der Waals surface area contributed by atoms with Gasteiger partial charge in [0.25, 0.3) is 0 Å². The number of hydrogen-bond donors (Lipinski definition) is 1. The van der Waals surface area contributed by atoms with Crippen LogP contribution in [-0.4, -0.2) is 67.9 Å². The summed E-state index contributed by atoms with van der Waals surface area (Å²) < 4.78 is 25.8. The summed E-state index contributed by atoms with van der Waals surface area (Å²) in [6.07, 6.45) is 6.90. The molecule has 3 heterocycles. The van der Waals surface area contributed by atoms with Gasteiger partial charge in [-0.1, -0.05) is 34.6 Å². The van der Waals surface area contributed by atoms with E-state index in [1.807, 2.05) is 6.92 Å². The molecule has 7 nitrogen and oxygen atoms in total. The maximum atomic E-state index is 13.1. The molecular weight excluding hydrogens is 500 g/mol. The SMILES string of the molecule is CC[Si](CC)(CC)O[C@H](C[C@@H]1CC[C@H]([C@@H](C)C(=O)C[C@@H]2CC[C@@H]([C@H](C)C(=O)O)O2)O1)[C@@H](C)[C@@H]1CC[C@@H](C)O1. The zero-order valence-corrected chi connectivity index (χ0v) is 25.9. The van der Waals surface area contributed by atoms with Crippen LogP contribution in [0.15, 0.2) is 0 Å². The minimum atomic E-state index is -1.80. The molecule has 0 saturated carbocycles. The molecule has 10 atom stereocenters. The van der Waals surface area contributed by atoms with Gasteiger partial charge in [-0.2, -0.15) is 0 Å². The second kappa shape index (κ2) is 14.2. The van der Waals surface area contributed by atoms with E-state index >= 15 is 0 Å². The Morgan fingerprint density at radius 3 is 1.92 bits per heavy atom. The second-order valence-electron chi connectivity index (χ2n) is 12.4. The predicted octanol–water partition coefficient (Wildman–Crippen LogP) is 6.38. The lowest BCUT2D eigenvalue weighted by Gasteiger charge is -2.38. The highest BCUT2D eigenvalue weighted by Crippen LogP contribution is 2.37. The summed E-state index contributed by atoms with van der Waals surface area (Å²) in [4.78, 5) is 24.4. The fourth-order valence-electron chi connectivity index (χ4n) is 6.71. The van der Waals surface area contributed by atoms with Crippen molar-refractivity contribution in [3.63, 3.8) is 0 Å². The Morgan fingerprint density at radius 2 is 1.37 bits per heavy atom. The monoisotopic (exact) mass is 554 g/mol. The predicted molar refractivity (Wildman–Crippen MR) is 151 cm³/mol. The highest BCUT2D eigenvalue weighted by atomic mass is 28.4. The third-order valence-corrected chi connectivity index (χ3v) is 14.7. The van der Waals surface area contributed by atoms with E-state index in [9.17, 15) is 14.7 Å². The van der Waals surface area contributed by atoms with Crippen LogP contribution in [0.25, 0.3) is 0 Å². The van der Waals surface area contributed by atoms with Crippen LogP contribution in [0.5, 0.6) is 0 Å². The molecular formula is C30H54O7Si. The molecule has 0 amide bonds. The summed E-state index contributed by atoms with van der Waals surface area (Å²) in [5, 5.41) is 9.26. The van der Waals surface area contributed by atoms with Crippen LogP contribution in [0.4, 0.5) is 0 Å². The molecule has 0 radical (unpaired) electrons. The van der Waals surface area contributed by atoms with Gasteiger partial charge in [0.1, 0.15) is 5.78 Å². The summed E-state index contributed by atoms with van der Waals surface area (Å²) in [6, 6.07) is 3.38. The van der Waals surface area contributed by atoms with Gasteiger partial charge in [0.05, 0.1) is 48.6 Å². The number of Topliss-reactive ketones (excluding diaryl/α,β-unsaturated/α-hetero) is 1. The lowest BCUT2D eigenvalue weighted by atomic mass is 9.91. The highest BCUT2D eigenvalue weighted by Gasteiger charge is 2.42. The molecule has 3 fully saturated rings. The van der Waals surface area contributed by atoms with E-state index in [4.69, 9.17) is 18.6 Å². The molecule has 1 N–H and O–H groups in total. The van der Waals surface area contributed by atoms with Crippen molar-refractivity contribution in [1.82, 2.24) is 0 Å². The Balaban J connectivity index is 1.57. The largest absolute Gasteiger partial charge is 0.481 e. The van der Waals surface area contributed by atoms with Gasteiger partial charge < -0.3 is 23.7 Å². The van der Waals surface area contributed by atoms with Crippen molar-refractivity contribution in [2.45, 2.75) is 161 Å². The Labute approximate surface area is 231 Å². The zero-order chi connectivity index (χ0) is 28.0. The molecule has 3 aliphatic heterocycles. The first-order chi connectivity index (χ1) is 18.0. The van der Waals surface area contributed by atoms with Crippen LogP contribution in [0.2, 0.25) is 18.1 Å². The summed E-state index contributed by atoms with van der Waals surface area (Å²) in [7, 11) is -1.80. The first-order valence-electron chi connectivity index (χ1n) is 15.4. The number of carboxylic acid groups (broad SMARTS) is 1. The Kier molecular flexibility index (Phi) is 11.9. The van der Waals surface area contributed by atoms with Crippen molar-refractivity contribution in [3.8, 4) is 0 Å². The molecule has 0 aromatic rings. The quantitative estimate of drug-likeness (QED) is 0.235. The van der Waals surface area contributed by atoms with Gasteiger partial charge in [-0.3, -0.25) is 9.59 Å². The van der Waals surface area contributed by atoms with E-state index in [1.54, 1.807) is 6.92 Å². The lowest BCUT2D eigenvalue weighted by Crippen LogP contribution is -2.45. The number of carboxylic acids is 1. The van der Waals surface area contributed by atoms with Crippen LogP contribution in [-0.2, 0) is 28.2 Å². The fraction of sp³-hybridized carbons (Fsp3) is 0.933. The van der Waals surface area contributed by atoms with Gasteiger partial charge in [0.15, 0.2) is 8.32 Å². The molecule has 3 aliphatic rings. The molecule has 0 aromatic heterocycles. The van der Waals surface area contributed by atoms with E-state index < -0.39 is 20.2 Å². The van der Waals surface area contributed by atoms with Gasteiger partial charge in [-0.05, 0) is 76.9 Å². The van der Waals surface area contributed by atoms with E-state index in [0.717, 1.165) is 56.7 Å². The minimum absolute atomic E-state index is 0.0770. The lowest BCUT2D eigenvalue weighted by molar-refractivity contribution is -0.146. The first-order valence-corrected chi connectivity index (χ1v) is 17.9. The molecule has 3 saturated heterocycles. The molecule has 0 bridgehead atoms. The van der Waals surface area contributed by atoms with Gasteiger partial charge in [-0.25, -0.2) is 0 Å². The Bertz CT molecular complexity index is 763. The number of rotatable bonds is 15. The maximum absolute atomic E-state index is 13.1. The summed E-state index contributed by atoms with van der Waals surface area (Å²) >= 11 is 0. The van der Waals surface area contributed by atoms with Crippen molar-refractivity contribution in [2.75, 3.05) is 0 Å². The van der Waals surface area contributed by atoms with Crippen molar-refractivity contribution < 1.29 is 33.3 Å². The number of carbonyl (C=O) groups excluding carboxylic acids is 1. The van der Waals surface area contributed by atoms with E-state index in [0.29, 0.717) is 24.9 Å². The van der Waals surface area contributed by atoms with Crippen LogP contribution in [0.3, 0.4) is 0 Å². The van der Waals surface area contributed by atoms with E-state index in [1.165, 1.54) is 0 Å². The van der Waals surface area contributed by atoms with Crippen molar-refractivity contribution in [2.24, 2.45) is 17.8 Å². The number of hydrogen-bond acceptors (Lipinski definition) is 6. The molecule has 3 rings (SSSR count). The minimum Gasteiger partial charge on any atom is -0.481 e. The molecule has 38 heavy (non-hydrogen) atoms. The first kappa shape index (κ1) is 31.7. The molecule has 8 heteroatoms. The molecule has 0 spiro atoms. The van der Waals surface area contributed by atoms with Gasteiger partial charge in [0.2, 0.25) is 0 Å². The summed E-state index contributed by atoms with van der Waals surface area (Å²) in [5.41, 5.74) is 0. The summed E-state index contributed by atoms with van der Waals surface area (Å²) in [6.45, 7) is 15.0. The number of ketones is 1. The number of aliphatic carboxylic acids is 1. The Hall–Kier alpha value is -0.803. The smallest absolute Gasteiger partial charge is 0.308 e. The number of ether oxygens (including phenoxy) is 3. The van der Waals surface area contributed by atoms with Gasteiger partial charge in [0, 0.05) is 18.3 Å². The zero-order valence-electron chi connectivity index (χ0n) is 24.9. The van der Waals surface area contributed by atoms with Crippen LogP contribution in [0, 0.1) is 17.8 Å². The van der Waals surface area contributed by atoms with Crippen LogP contribution in [0.1, 0.15) is 99.8 Å². The molecule has 0 aromatic carbocycles. The topological polar surface area (TPSA) is 91.3 Å². The van der Waals surface area contributed by atoms with Crippen molar-refractivity contribution >= 4 is 20.1 Å². The average Bonchev–Trinajstić information content (AvgIpc) is 3.67. The highest BCUT2D eigenvalue weighted by molar-refractivity contribution is 6.73. The van der Waals surface area contributed by atoms with Crippen LogP contribution >= 0.6 is 0 Å². The van der Waals surface area contributed by atoms with Gasteiger partial charge >= 0.3 is 5.97 Å². The van der Waals surface area contributed by atoms with Gasteiger partial charge in [-0.15, -0.1) is 0 Å². The summed E-state index contributed by atoms with van der Waals surface area (Å²) in [5.74, 6) is -1.10. The Morgan fingerprint density at radius 1 is 0.816 bits per heavy atom. The molecule has 0 aliphatic carbocycles. The van der Waals surface area contributed by atoms with E-state index in [2.05, 4.69) is 34.6 Å². The second-order valence-corrected chi connectivity index (χ2v) is 17.1.